The molecule has 0 saturated carbocycles. The van der Waals surface area contributed by atoms with Crippen molar-refractivity contribution in [2.24, 2.45) is 5.73 Å². The molecule has 1 heterocycles. The molecular weight excluding hydrogens is 224 g/mol. The zero-order chi connectivity index (χ0) is 13.0. The fraction of sp³-hybridized carbons (Fsp3) is 0.286. The number of anilines is 1. The van der Waals surface area contributed by atoms with E-state index < -0.39 is 0 Å². The first-order valence-corrected chi connectivity index (χ1v) is 5.96. The highest BCUT2D eigenvalue weighted by molar-refractivity contribution is 5.36. The van der Waals surface area contributed by atoms with Gasteiger partial charge in [-0.2, -0.15) is 0 Å². The van der Waals surface area contributed by atoms with Crippen molar-refractivity contribution in [3.8, 4) is 0 Å². The Balaban J connectivity index is 2.06. The summed E-state index contributed by atoms with van der Waals surface area (Å²) in [7, 11) is 2.01. The van der Waals surface area contributed by atoms with E-state index in [1.165, 1.54) is 11.1 Å². The Kier molecular flexibility index (Phi) is 3.89. The molecule has 2 N–H and O–H groups in total. The van der Waals surface area contributed by atoms with Gasteiger partial charge in [-0.05, 0) is 12.5 Å². The molecule has 0 spiro atoms. The quantitative estimate of drug-likeness (QED) is 0.889. The number of hydrogen-bond donors (Lipinski definition) is 1. The highest BCUT2D eigenvalue weighted by Gasteiger charge is 2.04. The number of rotatable bonds is 4. The summed E-state index contributed by atoms with van der Waals surface area (Å²) in [5.74, 6) is 0.854. The van der Waals surface area contributed by atoms with Crippen molar-refractivity contribution in [2.75, 3.05) is 11.9 Å². The average Bonchev–Trinajstić information content (AvgIpc) is 2.41. The second kappa shape index (κ2) is 5.60. The minimum absolute atomic E-state index is 0.426. The second-order valence-corrected chi connectivity index (χ2v) is 4.41. The maximum absolute atomic E-state index is 5.50. The SMILES string of the molecule is Cc1ccc(CN(C)c2cnc(CN)cn2)cc1. The van der Waals surface area contributed by atoms with Gasteiger partial charge in [-0.25, -0.2) is 4.98 Å². The van der Waals surface area contributed by atoms with Crippen LogP contribution in [0.25, 0.3) is 0 Å². The molecule has 4 nitrogen and oxygen atoms in total. The van der Waals surface area contributed by atoms with Crippen molar-refractivity contribution in [3.05, 3.63) is 53.5 Å². The van der Waals surface area contributed by atoms with E-state index in [-0.39, 0.29) is 0 Å². The lowest BCUT2D eigenvalue weighted by Crippen LogP contribution is -2.18. The zero-order valence-corrected chi connectivity index (χ0v) is 10.8. The molecule has 0 radical (unpaired) electrons. The summed E-state index contributed by atoms with van der Waals surface area (Å²) in [5.41, 5.74) is 8.83. The van der Waals surface area contributed by atoms with E-state index in [9.17, 15) is 0 Å². The van der Waals surface area contributed by atoms with Gasteiger partial charge in [0.05, 0.1) is 18.1 Å². The molecule has 0 unspecified atom stereocenters. The molecule has 0 aliphatic rings. The Morgan fingerprint density at radius 3 is 2.39 bits per heavy atom. The van der Waals surface area contributed by atoms with Crippen LogP contribution in [0.1, 0.15) is 16.8 Å². The molecule has 0 saturated heterocycles. The number of benzene rings is 1. The van der Waals surface area contributed by atoms with Crippen LogP contribution in [-0.4, -0.2) is 17.0 Å². The molecule has 4 heteroatoms. The van der Waals surface area contributed by atoms with Gasteiger partial charge in [-0.15, -0.1) is 0 Å². The lowest BCUT2D eigenvalue weighted by atomic mass is 10.1. The first-order valence-electron chi connectivity index (χ1n) is 5.96. The average molecular weight is 242 g/mol. The van der Waals surface area contributed by atoms with E-state index in [1.807, 2.05) is 7.05 Å². The second-order valence-electron chi connectivity index (χ2n) is 4.41. The minimum Gasteiger partial charge on any atom is -0.354 e. The lowest BCUT2D eigenvalue weighted by Gasteiger charge is -2.18. The van der Waals surface area contributed by atoms with E-state index in [1.54, 1.807) is 12.4 Å². The fourth-order valence-corrected chi connectivity index (χ4v) is 1.70. The molecule has 0 bridgehead atoms. The Morgan fingerprint density at radius 2 is 1.83 bits per heavy atom. The van der Waals surface area contributed by atoms with Crippen LogP contribution < -0.4 is 10.6 Å². The third-order valence-corrected chi connectivity index (χ3v) is 2.83. The van der Waals surface area contributed by atoms with Crippen LogP contribution in [0.15, 0.2) is 36.7 Å². The van der Waals surface area contributed by atoms with E-state index in [2.05, 4.69) is 46.1 Å². The highest BCUT2D eigenvalue weighted by atomic mass is 15.2. The molecular formula is C14H18N4. The Hall–Kier alpha value is -1.94. The molecule has 1 aromatic carbocycles. The zero-order valence-electron chi connectivity index (χ0n) is 10.8. The Morgan fingerprint density at radius 1 is 1.11 bits per heavy atom. The van der Waals surface area contributed by atoms with Crippen molar-refractivity contribution in [1.29, 1.82) is 0 Å². The van der Waals surface area contributed by atoms with Gasteiger partial charge in [0.1, 0.15) is 5.82 Å². The van der Waals surface area contributed by atoms with Crippen molar-refractivity contribution < 1.29 is 0 Å². The monoisotopic (exact) mass is 242 g/mol. The summed E-state index contributed by atoms with van der Waals surface area (Å²) in [5, 5.41) is 0. The van der Waals surface area contributed by atoms with Crippen LogP contribution >= 0.6 is 0 Å². The molecule has 18 heavy (non-hydrogen) atoms. The van der Waals surface area contributed by atoms with Gasteiger partial charge in [0.15, 0.2) is 0 Å². The molecule has 0 fully saturated rings. The fourth-order valence-electron chi connectivity index (χ4n) is 1.70. The molecule has 0 atom stereocenters. The van der Waals surface area contributed by atoms with Gasteiger partial charge in [-0.1, -0.05) is 29.8 Å². The summed E-state index contributed by atoms with van der Waals surface area (Å²) in [6, 6.07) is 8.50. The number of nitrogens with two attached hydrogens (primary N) is 1. The maximum Gasteiger partial charge on any atom is 0.147 e. The van der Waals surface area contributed by atoms with Crippen molar-refractivity contribution in [1.82, 2.24) is 9.97 Å². The van der Waals surface area contributed by atoms with Crippen molar-refractivity contribution >= 4 is 5.82 Å². The van der Waals surface area contributed by atoms with Gasteiger partial charge in [-0.3, -0.25) is 4.98 Å². The van der Waals surface area contributed by atoms with Gasteiger partial charge in [0, 0.05) is 20.1 Å². The number of nitrogens with zero attached hydrogens (tertiary/aromatic N) is 3. The molecule has 0 amide bonds. The Labute approximate surface area is 107 Å². The highest BCUT2D eigenvalue weighted by Crippen LogP contribution is 2.12. The minimum atomic E-state index is 0.426. The largest absolute Gasteiger partial charge is 0.354 e. The van der Waals surface area contributed by atoms with Crippen LogP contribution in [0.4, 0.5) is 5.82 Å². The summed E-state index contributed by atoms with van der Waals surface area (Å²) < 4.78 is 0. The third kappa shape index (κ3) is 3.05. The normalized spacial score (nSPS) is 10.4. The van der Waals surface area contributed by atoms with Crippen molar-refractivity contribution in [2.45, 2.75) is 20.0 Å². The number of aryl methyl sites for hydroxylation is 1. The standard InChI is InChI=1S/C14H18N4/c1-11-3-5-12(6-4-11)10-18(2)14-9-16-13(7-15)8-17-14/h3-6,8-9H,7,10,15H2,1-2H3. The van der Waals surface area contributed by atoms with E-state index >= 15 is 0 Å². The molecule has 94 valence electrons. The topological polar surface area (TPSA) is 55.0 Å². The number of aromatic nitrogens is 2. The van der Waals surface area contributed by atoms with Crippen LogP contribution in [0.5, 0.6) is 0 Å². The summed E-state index contributed by atoms with van der Waals surface area (Å²) in [4.78, 5) is 10.7. The van der Waals surface area contributed by atoms with Gasteiger partial charge in [0.25, 0.3) is 0 Å². The van der Waals surface area contributed by atoms with Gasteiger partial charge < -0.3 is 10.6 Å². The van der Waals surface area contributed by atoms with Crippen LogP contribution in [0, 0.1) is 6.92 Å². The Bertz CT molecular complexity index is 490. The van der Waals surface area contributed by atoms with E-state index in [4.69, 9.17) is 5.73 Å². The molecule has 2 aromatic rings. The predicted molar refractivity (Wildman–Crippen MR) is 73.2 cm³/mol. The van der Waals surface area contributed by atoms with E-state index in [0.29, 0.717) is 6.54 Å². The number of hydrogen-bond acceptors (Lipinski definition) is 4. The summed E-state index contributed by atoms with van der Waals surface area (Å²) >= 11 is 0. The predicted octanol–water partition coefficient (Wildman–Crippen LogP) is 1.88. The molecule has 2 rings (SSSR count). The van der Waals surface area contributed by atoms with Crippen molar-refractivity contribution in [3.63, 3.8) is 0 Å². The first kappa shape index (κ1) is 12.5. The van der Waals surface area contributed by atoms with Crippen LogP contribution in [0.2, 0.25) is 0 Å². The first-order chi connectivity index (χ1) is 8.69. The molecule has 0 aliphatic carbocycles. The molecule has 1 aromatic heterocycles. The summed E-state index contributed by atoms with van der Waals surface area (Å²) in [6.45, 7) is 3.33. The summed E-state index contributed by atoms with van der Waals surface area (Å²) in [6.07, 6.45) is 3.48. The van der Waals surface area contributed by atoms with E-state index in [0.717, 1.165) is 18.1 Å². The van der Waals surface area contributed by atoms with Crippen LogP contribution in [0.3, 0.4) is 0 Å². The molecule has 0 aliphatic heterocycles. The lowest BCUT2D eigenvalue weighted by molar-refractivity contribution is 0.873. The van der Waals surface area contributed by atoms with Gasteiger partial charge in [0.2, 0.25) is 0 Å². The van der Waals surface area contributed by atoms with Gasteiger partial charge >= 0.3 is 0 Å². The third-order valence-electron chi connectivity index (χ3n) is 2.83. The van der Waals surface area contributed by atoms with Crippen LogP contribution in [-0.2, 0) is 13.1 Å². The smallest absolute Gasteiger partial charge is 0.147 e. The maximum atomic E-state index is 5.50.